The molecule has 0 heterocycles. The van der Waals surface area contributed by atoms with Gasteiger partial charge in [-0.1, -0.05) is 35.3 Å². The summed E-state index contributed by atoms with van der Waals surface area (Å²) in [4.78, 5) is 25.1. The van der Waals surface area contributed by atoms with Crippen LogP contribution in [0.15, 0.2) is 42.5 Å². The number of carbonyl (C=O) groups is 2. The molecule has 25 heavy (non-hydrogen) atoms. The fraction of sp³-hybridized carbons (Fsp3) is 0.263. The molecule has 1 saturated carbocycles. The van der Waals surface area contributed by atoms with Crippen LogP contribution < -0.4 is 10.6 Å². The van der Waals surface area contributed by atoms with Crippen molar-refractivity contribution >= 4 is 40.7 Å². The molecule has 0 atom stereocenters. The first-order valence-electron chi connectivity index (χ1n) is 8.01. The lowest BCUT2D eigenvalue weighted by Crippen LogP contribution is -2.39. The highest BCUT2D eigenvalue weighted by Crippen LogP contribution is 2.47. The Kier molecular flexibility index (Phi) is 5.02. The zero-order valence-corrected chi connectivity index (χ0v) is 15.2. The van der Waals surface area contributed by atoms with Gasteiger partial charge in [-0.15, -0.1) is 0 Å². The van der Waals surface area contributed by atoms with Gasteiger partial charge in [-0.2, -0.15) is 0 Å². The molecule has 0 aromatic heterocycles. The van der Waals surface area contributed by atoms with Crippen LogP contribution in [0.1, 0.15) is 24.0 Å². The highest BCUT2D eigenvalue weighted by molar-refractivity contribution is 6.31. The molecule has 1 aliphatic rings. The number of nitrogens with one attached hydrogen (secondary N) is 2. The van der Waals surface area contributed by atoms with Crippen molar-refractivity contribution in [1.82, 2.24) is 5.32 Å². The lowest BCUT2D eigenvalue weighted by molar-refractivity contribution is -0.134. The van der Waals surface area contributed by atoms with E-state index in [-0.39, 0.29) is 11.8 Å². The highest BCUT2D eigenvalue weighted by atomic mass is 35.5. The molecule has 0 saturated heterocycles. The minimum absolute atomic E-state index is 0.244. The number of benzene rings is 2. The Hall–Kier alpha value is -2.04. The molecule has 2 amide bonds. The van der Waals surface area contributed by atoms with Crippen LogP contribution in [0.3, 0.4) is 0 Å². The Morgan fingerprint density at radius 3 is 2.24 bits per heavy atom. The van der Waals surface area contributed by atoms with Crippen molar-refractivity contribution in [3.8, 4) is 0 Å². The molecule has 0 spiro atoms. The van der Waals surface area contributed by atoms with Gasteiger partial charge in [0.15, 0.2) is 0 Å². The van der Waals surface area contributed by atoms with Crippen LogP contribution in [-0.4, -0.2) is 11.8 Å². The highest BCUT2D eigenvalue weighted by Gasteiger charge is 2.56. The van der Waals surface area contributed by atoms with E-state index in [2.05, 4.69) is 10.6 Å². The SMILES string of the molecule is Cc1cc(Cl)ccc1NC(=O)C1(C(=O)NCc2ccc(Cl)cc2)CC1. The third-order valence-electron chi connectivity index (χ3n) is 4.42. The molecular formula is C19H18Cl2N2O2. The zero-order chi connectivity index (χ0) is 18.0. The predicted molar refractivity (Wildman–Crippen MR) is 99.8 cm³/mol. The first-order chi connectivity index (χ1) is 11.9. The summed E-state index contributed by atoms with van der Waals surface area (Å²) < 4.78 is 0. The number of halogens is 2. The summed E-state index contributed by atoms with van der Waals surface area (Å²) in [5, 5.41) is 6.95. The van der Waals surface area contributed by atoms with E-state index in [1.165, 1.54) is 0 Å². The van der Waals surface area contributed by atoms with E-state index in [4.69, 9.17) is 23.2 Å². The maximum Gasteiger partial charge on any atom is 0.240 e. The number of rotatable bonds is 5. The molecular weight excluding hydrogens is 359 g/mol. The first kappa shape index (κ1) is 17.8. The summed E-state index contributed by atoms with van der Waals surface area (Å²) in [5.74, 6) is -0.516. The van der Waals surface area contributed by atoms with Gasteiger partial charge < -0.3 is 10.6 Å². The molecule has 2 aromatic rings. The molecule has 0 bridgehead atoms. The average molecular weight is 377 g/mol. The second-order valence-electron chi connectivity index (χ2n) is 6.30. The second kappa shape index (κ2) is 7.06. The lowest BCUT2D eigenvalue weighted by atomic mass is 10.0. The van der Waals surface area contributed by atoms with Crippen LogP contribution >= 0.6 is 23.2 Å². The van der Waals surface area contributed by atoms with E-state index in [1.807, 2.05) is 19.1 Å². The Morgan fingerprint density at radius 1 is 1.00 bits per heavy atom. The summed E-state index contributed by atoms with van der Waals surface area (Å²) in [6, 6.07) is 12.5. The standard InChI is InChI=1S/C19H18Cl2N2O2/c1-12-10-15(21)6-7-16(12)23-18(25)19(8-9-19)17(24)22-11-13-2-4-14(20)5-3-13/h2-7,10H,8-9,11H2,1H3,(H,22,24)(H,23,25). The molecule has 0 unspecified atom stereocenters. The van der Waals surface area contributed by atoms with E-state index < -0.39 is 5.41 Å². The maximum absolute atomic E-state index is 12.6. The molecule has 6 heteroatoms. The summed E-state index contributed by atoms with van der Waals surface area (Å²) >= 11 is 11.8. The third-order valence-corrected chi connectivity index (χ3v) is 4.91. The van der Waals surface area contributed by atoms with Crippen molar-refractivity contribution in [2.45, 2.75) is 26.3 Å². The van der Waals surface area contributed by atoms with E-state index in [0.717, 1.165) is 11.1 Å². The van der Waals surface area contributed by atoms with Crippen LogP contribution in [0.5, 0.6) is 0 Å². The normalized spacial score (nSPS) is 14.7. The van der Waals surface area contributed by atoms with Gasteiger partial charge in [0, 0.05) is 22.3 Å². The van der Waals surface area contributed by atoms with E-state index >= 15 is 0 Å². The number of hydrogen-bond donors (Lipinski definition) is 2. The predicted octanol–water partition coefficient (Wildman–Crippen LogP) is 4.34. The molecule has 2 N–H and O–H groups in total. The van der Waals surface area contributed by atoms with Gasteiger partial charge in [-0.05, 0) is 61.2 Å². The Morgan fingerprint density at radius 2 is 1.64 bits per heavy atom. The smallest absolute Gasteiger partial charge is 0.240 e. The number of amides is 2. The zero-order valence-electron chi connectivity index (χ0n) is 13.7. The van der Waals surface area contributed by atoms with Gasteiger partial charge in [0.25, 0.3) is 0 Å². The molecule has 4 nitrogen and oxygen atoms in total. The van der Waals surface area contributed by atoms with Gasteiger partial charge >= 0.3 is 0 Å². The summed E-state index contributed by atoms with van der Waals surface area (Å²) in [5.41, 5.74) is 1.49. The van der Waals surface area contributed by atoms with E-state index in [1.54, 1.807) is 30.3 Å². The molecule has 3 rings (SSSR count). The van der Waals surface area contributed by atoms with Crippen LogP contribution in [0, 0.1) is 12.3 Å². The van der Waals surface area contributed by atoms with E-state index in [0.29, 0.717) is 35.1 Å². The average Bonchev–Trinajstić information content (AvgIpc) is 3.38. The van der Waals surface area contributed by atoms with Crippen molar-refractivity contribution in [3.05, 3.63) is 63.6 Å². The molecule has 1 fully saturated rings. The molecule has 0 aliphatic heterocycles. The number of anilines is 1. The maximum atomic E-state index is 12.6. The van der Waals surface area contributed by atoms with Gasteiger partial charge in [0.05, 0.1) is 0 Å². The van der Waals surface area contributed by atoms with Crippen LogP contribution in [0.25, 0.3) is 0 Å². The Balaban J connectivity index is 1.63. The van der Waals surface area contributed by atoms with Crippen molar-refractivity contribution < 1.29 is 9.59 Å². The fourth-order valence-electron chi connectivity index (χ4n) is 2.65. The van der Waals surface area contributed by atoms with Gasteiger partial charge in [0.1, 0.15) is 5.41 Å². The third kappa shape index (κ3) is 3.97. The van der Waals surface area contributed by atoms with Crippen LogP contribution in [-0.2, 0) is 16.1 Å². The van der Waals surface area contributed by atoms with Gasteiger partial charge in [-0.3, -0.25) is 9.59 Å². The van der Waals surface area contributed by atoms with Gasteiger partial charge in [-0.25, -0.2) is 0 Å². The van der Waals surface area contributed by atoms with Crippen molar-refractivity contribution in [2.75, 3.05) is 5.32 Å². The van der Waals surface area contributed by atoms with Crippen molar-refractivity contribution in [2.24, 2.45) is 5.41 Å². The topological polar surface area (TPSA) is 58.2 Å². The minimum Gasteiger partial charge on any atom is -0.351 e. The molecule has 0 radical (unpaired) electrons. The largest absolute Gasteiger partial charge is 0.351 e. The summed E-state index contributed by atoms with van der Waals surface area (Å²) in [6.45, 7) is 2.23. The molecule has 1 aliphatic carbocycles. The van der Waals surface area contributed by atoms with Gasteiger partial charge in [0.2, 0.25) is 11.8 Å². The van der Waals surface area contributed by atoms with E-state index in [9.17, 15) is 9.59 Å². The lowest BCUT2D eigenvalue weighted by Gasteiger charge is -2.16. The van der Waals surface area contributed by atoms with Crippen LogP contribution in [0.2, 0.25) is 10.0 Å². The minimum atomic E-state index is -0.974. The molecule has 130 valence electrons. The Bertz CT molecular complexity index is 815. The quantitative estimate of drug-likeness (QED) is 0.762. The summed E-state index contributed by atoms with van der Waals surface area (Å²) in [7, 11) is 0. The summed E-state index contributed by atoms with van der Waals surface area (Å²) in [6.07, 6.45) is 1.11. The number of carbonyl (C=O) groups excluding carboxylic acids is 2. The fourth-order valence-corrected chi connectivity index (χ4v) is 3.00. The number of hydrogen-bond acceptors (Lipinski definition) is 2. The number of aryl methyl sites for hydroxylation is 1. The van der Waals surface area contributed by atoms with Crippen LogP contribution in [0.4, 0.5) is 5.69 Å². The monoisotopic (exact) mass is 376 g/mol. The second-order valence-corrected chi connectivity index (χ2v) is 7.18. The Labute approximate surface area is 156 Å². The first-order valence-corrected chi connectivity index (χ1v) is 8.77. The van der Waals surface area contributed by atoms with Crippen molar-refractivity contribution in [1.29, 1.82) is 0 Å². The van der Waals surface area contributed by atoms with Crippen molar-refractivity contribution in [3.63, 3.8) is 0 Å². The molecule has 2 aromatic carbocycles.